The van der Waals surface area contributed by atoms with Crippen molar-refractivity contribution in [1.29, 1.82) is 0 Å². The maximum absolute atomic E-state index is 12.5. The van der Waals surface area contributed by atoms with Crippen LogP contribution in [0.15, 0.2) is 0 Å². The first-order valence-electron chi connectivity index (χ1n) is 6.98. The van der Waals surface area contributed by atoms with Gasteiger partial charge in [0.2, 0.25) is 11.8 Å². The zero-order valence-corrected chi connectivity index (χ0v) is 12.1. The minimum atomic E-state index is -0.787. The Hall–Kier alpha value is -1.10. The lowest BCUT2D eigenvalue weighted by Crippen LogP contribution is -2.53. The van der Waals surface area contributed by atoms with Crippen molar-refractivity contribution in [1.82, 2.24) is 10.2 Å². The Labute approximate surface area is 114 Å². The van der Waals surface area contributed by atoms with E-state index in [0.29, 0.717) is 13.0 Å². The molecule has 1 saturated heterocycles. The molecule has 2 fully saturated rings. The number of carbonyl (C=O) groups excluding carboxylic acids is 2. The summed E-state index contributed by atoms with van der Waals surface area (Å²) in [7, 11) is 1.71. The van der Waals surface area contributed by atoms with E-state index in [1.165, 1.54) is 0 Å². The Morgan fingerprint density at radius 2 is 2.00 bits per heavy atom. The Morgan fingerprint density at radius 1 is 1.32 bits per heavy atom. The van der Waals surface area contributed by atoms with E-state index in [4.69, 9.17) is 4.74 Å². The fourth-order valence-corrected chi connectivity index (χ4v) is 2.74. The maximum atomic E-state index is 12.5. The van der Waals surface area contributed by atoms with E-state index in [1.807, 2.05) is 4.90 Å². The summed E-state index contributed by atoms with van der Waals surface area (Å²) in [6, 6.07) is 0. The van der Waals surface area contributed by atoms with E-state index in [0.717, 1.165) is 32.4 Å². The van der Waals surface area contributed by atoms with Crippen molar-refractivity contribution in [2.45, 2.75) is 45.1 Å². The van der Waals surface area contributed by atoms with Crippen molar-refractivity contribution in [2.75, 3.05) is 26.8 Å². The fourth-order valence-electron chi connectivity index (χ4n) is 2.74. The quantitative estimate of drug-likeness (QED) is 0.807. The lowest BCUT2D eigenvalue weighted by atomic mass is 9.99. The van der Waals surface area contributed by atoms with Gasteiger partial charge in [0, 0.05) is 33.2 Å². The molecule has 0 aromatic carbocycles. The van der Waals surface area contributed by atoms with Crippen molar-refractivity contribution in [3.8, 4) is 0 Å². The van der Waals surface area contributed by atoms with Gasteiger partial charge in [-0.2, -0.15) is 0 Å². The fraction of sp³-hybridized carbons (Fsp3) is 0.857. The first-order chi connectivity index (χ1) is 8.88. The van der Waals surface area contributed by atoms with E-state index >= 15 is 0 Å². The van der Waals surface area contributed by atoms with Gasteiger partial charge in [0.15, 0.2) is 0 Å². The van der Waals surface area contributed by atoms with Crippen LogP contribution in [0.3, 0.4) is 0 Å². The zero-order chi connectivity index (χ0) is 14.1. The van der Waals surface area contributed by atoms with E-state index in [1.54, 1.807) is 21.0 Å². The number of amides is 2. The number of ether oxygens (including phenoxy) is 1. The molecule has 2 amide bonds. The second-order valence-corrected chi connectivity index (χ2v) is 6.39. The molecule has 2 rings (SSSR count). The number of hydrogen-bond donors (Lipinski definition) is 1. The summed E-state index contributed by atoms with van der Waals surface area (Å²) < 4.78 is 5.15. The molecule has 2 aliphatic rings. The van der Waals surface area contributed by atoms with Gasteiger partial charge >= 0.3 is 0 Å². The van der Waals surface area contributed by atoms with Crippen LogP contribution in [0, 0.1) is 5.41 Å². The average molecular weight is 268 g/mol. The van der Waals surface area contributed by atoms with Gasteiger partial charge in [0.05, 0.1) is 0 Å². The van der Waals surface area contributed by atoms with Gasteiger partial charge in [-0.1, -0.05) is 0 Å². The summed E-state index contributed by atoms with van der Waals surface area (Å²) in [5.74, 6) is -0.00960. The first-order valence-corrected chi connectivity index (χ1v) is 6.98. The van der Waals surface area contributed by atoms with Gasteiger partial charge in [0.1, 0.15) is 5.54 Å². The molecule has 1 aliphatic carbocycles. The van der Waals surface area contributed by atoms with Crippen molar-refractivity contribution in [3.05, 3.63) is 0 Å². The predicted molar refractivity (Wildman–Crippen MR) is 71.6 cm³/mol. The summed E-state index contributed by atoms with van der Waals surface area (Å²) >= 11 is 0. The molecule has 108 valence electrons. The number of hydrogen-bond acceptors (Lipinski definition) is 3. The van der Waals surface area contributed by atoms with Crippen LogP contribution in [-0.4, -0.2) is 49.1 Å². The van der Waals surface area contributed by atoms with E-state index in [9.17, 15) is 9.59 Å². The van der Waals surface area contributed by atoms with Gasteiger partial charge in [-0.15, -0.1) is 0 Å². The third-order valence-corrected chi connectivity index (χ3v) is 4.20. The van der Waals surface area contributed by atoms with Crippen LogP contribution in [0.4, 0.5) is 0 Å². The molecule has 0 radical (unpaired) electrons. The molecular weight excluding hydrogens is 244 g/mol. The number of rotatable bonds is 5. The minimum Gasteiger partial charge on any atom is -0.385 e. The molecule has 0 unspecified atom stereocenters. The molecule has 1 aliphatic heterocycles. The molecule has 0 aromatic rings. The van der Waals surface area contributed by atoms with Crippen LogP contribution in [0.2, 0.25) is 0 Å². The van der Waals surface area contributed by atoms with Gasteiger partial charge in [-0.05, 0) is 38.5 Å². The minimum absolute atomic E-state index is 0.0297. The highest BCUT2D eigenvalue weighted by atomic mass is 16.5. The number of methoxy groups -OCH3 is 1. The van der Waals surface area contributed by atoms with Crippen LogP contribution in [-0.2, 0) is 14.3 Å². The van der Waals surface area contributed by atoms with Gasteiger partial charge in [0.25, 0.3) is 0 Å². The molecule has 1 heterocycles. The summed E-state index contributed by atoms with van der Waals surface area (Å²) in [5, 5.41) is 2.79. The summed E-state index contributed by atoms with van der Waals surface area (Å²) in [6.07, 6.45) is 3.70. The van der Waals surface area contributed by atoms with E-state index in [2.05, 4.69) is 5.32 Å². The highest BCUT2D eigenvalue weighted by Gasteiger charge is 2.46. The highest BCUT2D eigenvalue weighted by molar-refractivity contribution is 5.92. The Balaban J connectivity index is 2.02. The van der Waals surface area contributed by atoms with Crippen LogP contribution in [0.25, 0.3) is 0 Å². The van der Waals surface area contributed by atoms with Crippen molar-refractivity contribution >= 4 is 11.8 Å². The zero-order valence-electron chi connectivity index (χ0n) is 12.1. The maximum Gasteiger partial charge on any atom is 0.247 e. The lowest BCUT2D eigenvalue weighted by molar-refractivity contribution is -0.138. The average Bonchev–Trinajstić information content (AvgIpc) is 3.11. The molecule has 19 heavy (non-hydrogen) atoms. The van der Waals surface area contributed by atoms with Crippen LogP contribution in [0.5, 0.6) is 0 Å². The largest absolute Gasteiger partial charge is 0.385 e. The standard InChI is InChI=1S/C14H24N2O3/c1-13(2)12(18)16(8-4-11(17)15-13)10-14(5-6-14)7-9-19-3/h4-10H2,1-3H3,(H,15,17). The molecule has 5 nitrogen and oxygen atoms in total. The number of nitrogens with one attached hydrogen (secondary N) is 1. The smallest absolute Gasteiger partial charge is 0.247 e. The highest BCUT2D eigenvalue weighted by Crippen LogP contribution is 2.49. The predicted octanol–water partition coefficient (Wildman–Crippen LogP) is 0.930. The normalized spacial score (nSPS) is 24.9. The first kappa shape index (κ1) is 14.3. The third kappa shape index (κ3) is 3.26. The van der Waals surface area contributed by atoms with Crippen molar-refractivity contribution in [2.24, 2.45) is 5.41 Å². The summed E-state index contributed by atoms with van der Waals surface area (Å²) in [5.41, 5.74) is -0.555. The molecule has 1 saturated carbocycles. The van der Waals surface area contributed by atoms with Crippen LogP contribution < -0.4 is 5.32 Å². The molecule has 0 aromatic heterocycles. The second-order valence-electron chi connectivity index (χ2n) is 6.39. The van der Waals surface area contributed by atoms with Crippen molar-refractivity contribution < 1.29 is 14.3 Å². The second kappa shape index (κ2) is 5.12. The Morgan fingerprint density at radius 3 is 2.58 bits per heavy atom. The lowest BCUT2D eigenvalue weighted by Gasteiger charge is -2.31. The summed E-state index contributed by atoms with van der Waals surface area (Å²) in [6.45, 7) is 5.58. The molecule has 0 bridgehead atoms. The van der Waals surface area contributed by atoms with E-state index < -0.39 is 5.54 Å². The van der Waals surface area contributed by atoms with Gasteiger partial charge < -0.3 is 15.0 Å². The Bertz CT molecular complexity index is 375. The monoisotopic (exact) mass is 268 g/mol. The molecule has 1 N–H and O–H groups in total. The Kier molecular flexibility index (Phi) is 3.85. The number of carbonyl (C=O) groups is 2. The van der Waals surface area contributed by atoms with Gasteiger partial charge in [-0.3, -0.25) is 9.59 Å². The topological polar surface area (TPSA) is 58.6 Å². The SMILES string of the molecule is COCCC1(CN2CCC(=O)NC(C)(C)C2=O)CC1. The summed E-state index contributed by atoms with van der Waals surface area (Å²) in [4.78, 5) is 26.0. The molecule has 0 spiro atoms. The van der Waals surface area contributed by atoms with Crippen LogP contribution >= 0.6 is 0 Å². The van der Waals surface area contributed by atoms with Crippen LogP contribution in [0.1, 0.15) is 39.5 Å². The molecule has 0 atom stereocenters. The van der Waals surface area contributed by atoms with Gasteiger partial charge in [-0.25, -0.2) is 0 Å². The molecular formula is C14H24N2O3. The van der Waals surface area contributed by atoms with Crippen molar-refractivity contribution in [3.63, 3.8) is 0 Å². The third-order valence-electron chi connectivity index (χ3n) is 4.20. The van der Waals surface area contributed by atoms with E-state index in [-0.39, 0.29) is 17.2 Å². The molecule has 5 heteroatoms. The number of nitrogens with zero attached hydrogens (tertiary/aromatic N) is 1.